The maximum atomic E-state index is 14.6. The minimum atomic E-state index is -0.780. The van der Waals surface area contributed by atoms with Crippen LogP contribution in [-0.4, -0.2) is 64.7 Å². The number of rotatable bonds is 8. The zero-order valence-corrected chi connectivity index (χ0v) is 18.9. The second kappa shape index (κ2) is 9.72. The monoisotopic (exact) mass is 487 g/mol. The lowest BCUT2D eigenvalue weighted by molar-refractivity contribution is 0.0940. The fraction of sp³-hybridized carbons (Fsp3) is 0.174. The molecule has 1 aromatic carbocycles. The molecule has 13 heteroatoms. The van der Waals surface area contributed by atoms with Gasteiger partial charge in [0.05, 0.1) is 32.2 Å². The summed E-state index contributed by atoms with van der Waals surface area (Å²) in [6, 6.07) is 11.5. The first kappa shape index (κ1) is 22.8. The van der Waals surface area contributed by atoms with Crippen LogP contribution in [0.5, 0.6) is 11.5 Å². The Balaban J connectivity index is 1.51. The highest BCUT2D eigenvalue weighted by atomic mass is 19.1. The zero-order chi connectivity index (χ0) is 25.1. The molecule has 5 aromatic rings. The number of hydrogen-bond donors (Lipinski definition) is 1. The number of aliphatic hydroxyl groups is 1. The standard InChI is InChI=1S/C23H18FN9O3/c1-35-20-6-7-26-23(16(20)9-25)19-10-27-22-5-4-18(29-33(19)22)14-2-3-17(24)21(8-14)36-15(12-34)11-32-13-28-30-31-32/h2-8,10,13,15,34H,11-12H2,1H3. The number of aromatic nitrogens is 8. The van der Waals surface area contributed by atoms with E-state index in [1.54, 1.807) is 35.0 Å². The number of pyridine rings is 1. The summed E-state index contributed by atoms with van der Waals surface area (Å²) in [5.41, 5.74) is 2.69. The Kier molecular flexibility index (Phi) is 6.16. The Bertz CT molecular complexity index is 1560. The molecule has 0 saturated carbocycles. The molecule has 0 spiro atoms. The molecule has 0 amide bonds. The summed E-state index contributed by atoms with van der Waals surface area (Å²) in [4.78, 5) is 8.70. The van der Waals surface area contributed by atoms with Gasteiger partial charge in [-0.3, -0.25) is 4.98 Å². The summed E-state index contributed by atoms with van der Waals surface area (Å²) in [6.45, 7) is -0.245. The van der Waals surface area contributed by atoms with Crippen LogP contribution in [0.3, 0.4) is 0 Å². The molecule has 0 aliphatic carbocycles. The maximum Gasteiger partial charge on any atom is 0.165 e. The van der Waals surface area contributed by atoms with Gasteiger partial charge in [-0.1, -0.05) is 0 Å². The van der Waals surface area contributed by atoms with Gasteiger partial charge in [-0.25, -0.2) is 18.6 Å². The number of fused-ring (bicyclic) bond motifs is 1. The van der Waals surface area contributed by atoms with Gasteiger partial charge in [0.2, 0.25) is 0 Å². The van der Waals surface area contributed by atoms with Gasteiger partial charge in [-0.2, -0.15) is 10.4 Å². The quantitative estimate of drug-likeness (QED) is 0.344. The molecule has 0 fully saturated rings. The Morgan fingerprint density at radius 1 is 1.17 bits per heavy atom. The molecule has 1 unspecified atom stereocenters. The lowest BCUT2D eigenvalue weighted by atomic mass is 10.1. The van der Waals surface area contributed by atoms with Gasteiger partial charge in [-0.05, 0) is 46.8 Å². The average Bonchev–Trinajstić information content (AvgIpc) is 3.58. The Morgan fingerprint density at radius 2 is 2.06 bits per heavy atom. The molecule has 4 heterocycles. The van der Waals surface area contributed by atoms with E-state index in [-0.39, 0.29) is 24.5 Å². The molecule has 1 atom stereocenters. The molecule has 0 bridgehead atoms. The fourth-order valence-electron chi connectivity index (χ4n) is 3.64. The Hall–Kier alpha value is -4.96. The van der Waals surface area contributed by atoms with Crippen molar-refractivity contribution in [2.45, 2.75) is 12.6 Å². The summed E-state index contributed by atoms with van der Waals surface area (Å²) in [5.74, 6) is -0.278. The van der Waals surface area contributed by atoms with Crippen molar-refractivity contribution in [1.82, 2.24) is 39.8 Å². The number of benzene rings is 1. The zero-order valence-electron chi connectivity index (χ0n) is 18.9. The number of halogens is 1. The molecular weight excluding hydrogens is 469 g/mol. The van der Waals surface area contributed by atoms with Gasteiger partial charge >= 0.3 is 0 Å². The van der Waals surface area contributed by atoms with E-state index in [1.807, 2.05) is 0 Å². The molecule has 12 nitrogen and oxygen atoms in total. The number of hydrogen-bond acceptors (Lipinski definition) is 10. The predicted molar refractivity (Wildman–Crippen MR) is 122 cm³/mol. The second-order valence-electron chi connectivity index (χ2n) is 7.58. The molecule has 0 aliphatic rings. The molecule has 0 radical (unpaired) electrons. The van der Waals surface area contributed by atoms with Gasteiger partial charge in [0.15, 0.2) is 17.2 Å². The molecular formula is C23H18FN9O3. The highest BCUT2D eigenvalue weighted by molar-refractivity contribution is 5.70. The molecule has 180 valence electrons. The SMILES string of the molecule is COc1ccnc(-c2cnc3ccc(-c4ccc(F)c(OC(CO)Cn5cnnn5)c4)nn23)c1C#N. The van der Waals surface area contributed by atoms with Crippen molar-refractivity contribution in [3.05, 3.63) is 66.5 Å². The van der Waals surface area contributed by atoms with Crippen molar-refractivity contribution in [3.63, 3.8) is 0 Å². The largest absolute Gasteiger partial charge is 0.495 e. The number of nitrogens with zero attached hydrogens (tertiary/aromatic N) is 9. The fourth-order valence-corrected chi connectivity index (χ4v) is 3.64. The number of aliphatic hydroxyl groups excluding tert-OH is 1. The van der Waals surface area contributed by atoms with Crippen molar-refractivity contribution in [2.24, 2.45) is 0 Å². The van der Waals surface area contributed by atoms with Crippen LogP contribution in [0.15, 0.2) is 55.1 Å². The van der Waals surface area contributed by atoms with Crippen LogP contribution in [-0.2, 0) is 6.54 Å². The van der Waals surface area contributed by atoms with Gasteiger partial charge in [0, 0.05) is 11.8 Å². The van der Waals surface area contributed by atoms with Crippen molar-refractivity contribution in [3.8, 4) is 40.2 Å². The van der Waals surface area contributed by atoms with Gasteiger partial charge in [0.25, 0.3) is 0 Å². The first-order valence-corrected chi connectivity index (χ1v) is 10.7. The summed E-state index contributed by atoms with van der Waals surface area (Å²) < 4.78 is 28.5. The van der Waals surface area contributed by atoms with Gasteiger partial charge < -0.3 is 14.6 Å². The highest BCUT2D eigenvalue weighted by Gasteiger charge is 2.19. The van der Waals surface area contributed by atoms with Crippen molar-refractivity contribution < 1.29 is 19.0 Å². The van der Waals surface area contributed by atoms with E-state index in [0.29, 0.717) is 34.0 Å². The molecule has 1 N–H and O–H groups in total. The van der Waals surface area contributed by atoms with E-state index in [0.717, 1.165) is 0 Å². The van der Waals surface area contributed by atoms with E-state index in [9.17, 15) is 14.8 Å². The van der Waals surface area contributed by atoms with Crippen LogP contribution in [0, 0.1) is 17.1 Å². The van der Waals surface area contributed by atoms with E-state index >= 15 is 0 Å². The van der Waals surface area contributed by atoms with Crippen molar-refractivity contribution in [1.29, 1.82) is 5.26 Å². The Morgan fingerprint density at radius 3 is 2.81 bits per heavy atom. The van der Waals surface area contributed by atoms with Crippen LogP contribution < -0.4 is 9.47 Å². The van der Waals surface area contributed by atoms with Crippen LogP contribution in [0.4, 0.5) is 4.39 Å². The lowest BCUT2D eigenvalue weighted by Gasteiger charge is -2.17. The number of ether oxygens (including phenoxy) is 2. The van der Waals surface area contributed by atoms with Crippen molar-refractivity contribution >= 4 is 5.65 Å². The van der Waals surface area contributed by atoms with E-state index in [1.165, 1.54) is 36.4 Å². The van der Waals surface area contributed by atoms with Crippen LogP contribution in [0.1, 0.15) is 5.56 Å². The third-order valence-electron chi connectivity index (χ3n) is 5.36. The summed E-state index contributed by atoms with van der Waals surface area (Å²) in [6.07, 6.45) is 3.70. The van der Waals surface area contributed by atoms with Crippen LogP contribution in [0.25, 0.3) is 28.3 Å². The minimum absolute atomic E-state index is 0.0615. The van der Waals surface area contributed by atoms with E-state index in [2.05, 4.69) is 36.7 Å². The molecule has 4 aromatic heterocycles. The van der Waals surface area contributed by atoms with Crippen molar-refractivity contribution in [2.75, 3.05) is 13.7 Å². The van der Waals surface area contributed by atoms with Gasteiger partial charge in [0.1, 0.15) is 41.2 Å². The summed E-state index contributed by atoms with van der Waals surface area (Å²) >= 11 is 0. The van der Waals surface area contributed by atoms with Crippen LogP contribution in [0.2, 0.25) is 0 Å². The third kappa shape index (κ3) is 4.28. The molecule has 36 heavy (non-hydrogen) atoms. The average molecular weight is 487 g/mol. The third-order valence-corrected chi connectivity index (χ3v) is 5.36. The smallest absolute Gasteiger partial charge is 0.165 e. The number of tetrazole rings is 1. The normalized spacial score (nSPS) is 11.8. The summed E-state index contributed by atoms with van der Waals surface area (Å²) in [7, 11) is 1.48. The van der Waals surface area contributed by atoms with Gasteiger partial charge in [-0.15, -0.1) is 5.10 Å². The maximum absolute atomic E-state index is 14.6. The Labute approximate surface area is 203 Å². The number of imidazole rings is 1. The lowest BCUT2D eigenvalue weighted by Crippen LogP contribution is -2.27. The van der Waals surface area contributed by atoms with E-state index < -0.39 is 11.9 Å². The molecule has 5 rings (SSSR count). The predicted octanol–water partition coefficient (Wildman–Crippen LogP) is 1.90. The first-order valence-electron chi connectivity index (χ1n) is 10.7. The summed E-state index contributed by atoms with van der Waals surface area (Å²) in [5, 5.41) is 34.8. The van der Waals surface area contributed by atoms with Crippen LogP contribution >= 0.6 is 0 Å². The minimum Gasteiger partial charge on any atom is -0.495 e. The molecule has 0 aliphatic heterocycles. The number of methoxy groups -OCH3 is 1. The number of nitriles is 1. The topological polar surface area (TPSA) is 149 Å². The highest BCUT2D eigenvalue weighted by Crippen LogP contribution is 2.30. The van der Waals surface area contributed by atoms with E-state index in [4.69, 9.17) is 9.47 Å². The second-order valence-corrected chi connectivity index (χ2v) is 7.58. The molecule has 0 saturated heterocycles. The first-order chi connectivity index (χ1) is 17.6.